The second-order valence-electron chi connectivity index (χ2n) is 6.36. The fraction of sp³-hybridized carbons (Fsp3) is 0.368. The molecule has 1 fully saturated rings. The average Bonchev–Trinajstić information content (AvgIpc) is 2.63. The van der Waals surface area contributed by atoms with E-state index in [0.29, 0.717) is 17.1 Å². The maximum Gasteiger partial charge on any atom is 0.270 e. The largest absolute Gasteiger partial charge is 0.348 e. The maximum atomic E-state index is 12.4. The summed E-state index contributed by atoms with van der Waals surface area (Å²) in [6.45, 7) is 1.53. The van der Waals surface area contributed by atoms with E-state index in [9.17, 15) is 9.59 Å². The number of carbonyl (C=O) groups excluding carboxylic acids is 2. The standard InChI is InChI=1S/C19H22N4O2/c1-13(24)14-7-9-16(10-8-14)22-18-11-17(20-12-21-18)19(25)23-15-5-3-2-4-6-15/h7-12,15H,2-6H2,1H3,(H,23,25)(H,20,21,22). The lowest BCUT2D eigenvalue weighted by molar-refractivity contribution is 0.0921. The van der Waals surface area contributed by atoms with Gasteiger partial charge in [-0.15, -0.1) is 0 Å². The van der Waals surface area contributed by atoms with E-state index >= 15 is 0 Å². The van der Waals surface area contributed by atoms with Gasteiger partial charge >= 0.3 is 0 Å². The number of benzene rings is 1. The third-order valence-electron chi connectivity index (χ3n) is 4.40. The van der Waals surface area contributed by atoms with Gasteiger partial charge < -0.3 is 10.6 Å². The zero-order valence-electron chi connectivity index (χ0n) is 14.3. The predicted molar refractivity (Wildman–Crippen MR) is 96.1 cm³/mol. The molecule has 130 valence electrons. The molecule has 3 rings (SSSR count). The summed E-state index contributed by atoms with van der Waals surface area (Å²) in [5.74, 6) is 0.402. The first-order chi connectivity index (χ1) is 12.1. The molecule has 1 amide bonds. The topological polar surface area (TPSA) is 84.0 Å². The van der Waals surface area contributed by atoms with Gasteiger partial charge in [-0.25, -0.2) is 9.97 Å². The molecular formula is C19H22N4O2. The minimum atomic E-state index is -0.163. The van der Waals surface area contributed by atoms with Gasteiger partial charge in [0.25, 0.3) is 5.91 Å². The quantitative estimate of drug-likeness (QED) is 0.815. The Labute approximate surface area is 147 Å². The highest BCUT2D eigenvalue weighted by molar-refractivity contribution is 5.94. The Morgan fingerprint density at radius 3 is 2.44 bits per heavy atom. The van der Waals surface area contributed by atoms with Crippen LogP contribution in [0.3, 0.4) is 0 Å². The number of amides is 1. The molecule has 1 aliphatic rings. The number of ketones is 1. The Balaban J connectivity index is 1.66. The first kappa shape index (κ1) is 17.1. The lowest BCUT2D eigenvalue weighted by Gasteiger charge is -2.22. The predicted octanol–water partition coefficient (Wildman–Crippen LogP) is 3.49. The molecule has 0 unspecified atom stereocenters. The van der Waals surface area contributed by atoms with E-state index in [2.05, 4.69) is 20.6 Å². The summed E-state index contributed by atoms with van der Waals surface area (Å²) in [5, 5.41) is 6.18. The van der Waals surface area contributed by atoms with Crippen LogP contribution >= 0.6 is 0 Å². The Morgan fingerprint density at radius 2 is 1.76 bits per heavy atom. The van der Waals surface area contributed by atoms with Crippen LogP contribution in [0.5, 0.6) is 0 Å². The fourth-order valence-electron chi connectivity index (χ4n) is 2.99. The normalized spacial score (nSPS) is 14.8. The average molecular weight is 338 g/mol. The second-order valence-corrected chi connectivity index (χ2v) is 6.36. The lowest BCUT2D eigenvalue weighted by Crippen LogP contribution is -2.36. The minimum Gasteiger partial charge on any atom is -0.348 e. The number of nitrogens with one attached hydrogen (secondary N) is 2. The third-order valence-corrected chi connectivity index (χ3v) is 4.40. The molecule has 1 aliphatic carbocycles. The molecule has 25 heavy (non-hydrogen) atoms. The zero-order valence-corrected chi connectivity index (χ0v) is 14.3. The molecule has 1 aromatic heterocycles. The molecule has 0 saturated heterocycles. The summed E-state index contributed by atoms with van der Waals surface area (Å²) < 4.78 is 0. The molecule has 0 aliphatic heterocycles. The van der Waals surface area contributed by atoms with Crippen molar-refractivity contribution >= 4 is 23.2 Å². The minimum absolute atomic E-state index is 0.0234. The summed E-state index contributed by atoms with van der Waals surface area (Å²) >= 11 is 0. The maximum absolute atomic E-state index is 12.4. The van der Waals surface area contributed by atoms with Gasteiger partial charge in [-0.05, 0) is 44.0 Å². The van der Waals surface area contributed by atoms with Crippen molar-refractivity contribution < 1.29 is 9.59 Å². The first-order valence-corrected chi connectivity index (χ1v) is 8.63. The van der Waals surface area contributed by atoms with Gasteiger partial charge in [-0.3, -0.25) is 9.59 Å². The monoisotopic (exact) mass is 338 g/mol. The molecule has 1 aromatic carbocycles. The number of hydrogen-bond acceptors (Lipinski definition) is 5. The highest BCUT2D eigenvalue weighted by Crippen LogP contribution is 2.19. The lowest BCUT2D eigenvalue weighted by atomic mass is 9.95. The van der Waals surface area contributed by atoms with Crippen LogP contribution in [-0.4, -0.2) is 27.7 Å². The van der Waals surface area contributed by atoms with Gasteiger partial charge in [0.2, 0.25) is 0 Å². The smallest absolute Gasteiger partial charge is 0.270 e. The van der Waals surface area contributed by atoms with E-state index in [1.54, 1.807) is 30.3 Å². The molecule has 2 N–H and O–H groups in total. The summed E-state index contributed by atoms with van der Waals surface area (Å²) in [6.07, 6.45) is 7.02. The highest BCUT2D eigenvalue weighted by atomic mass is 16.2. The van der Waals surface area contributed by atoms with Gasteiger partial charge in [-0.2, -0.15) is 0 Å². The van der Waals surface area contributed by atoms with E-state index in [1.165, 1.54) is 19.7 Å². The van der Waals surface area contributed by atoms with E-state index in [0.717, 1.165) is 31.4 Å². The van der Waals surface area contributed by atoms with Crippen molar-refractivity contribution in [2.24, 2.45) is 0 Å². The van der Waals surface area contributed by atoms with E-state index < -0.39 is 0 Å². The van der Waals surface area contributed by atoms with Crippen LogP contribution in [0.2, 0.25) is 0 Å². The van der Waals surface area contributed by atoms with Crippen molar-refractivity contribution in [2.45, 2.75) is 45.1 Å². The van der Waals surface area contributed by atoms with Gasteiger partial charge in [0.15, 0.2) is 5.78 Å². The van der Waals surface area contributed by atoms with Crippen LogP contribution in [0.4, 0.5) is 11.5 Å². The molecule has 6 heteroatoms. The molecule has 6 nitrogen and oxygen atoms in total. The van der Waals surface area contributed by atoms with Gasteiger partial charge in [0, 0.05) is 23.4 Å². The van der Waals surface area contributed by atoms with E-state index in [4.69, 9.17) is 0 Å². The molecule has 1 saturated carbocycles. The van der Waals surface area contributed by atoms with Crippen LogP contribution < -0.4 is 10.6 Å². The third kappa shape index (κ3) is 4.62. The number of Topliss-reactive ketones (excluding diaryl/α,β-unsaturated/α-hetero) is 1. The van der Waals surface area contributed by atoms with Crippen molar-refractivity contribution in [3.63, 3.8) is 0 Å². The van der Waals surface area contributed by atoms with E-state index in [1.807, 2.05) is 0 Å². The van der Waals surface area contributed by atoms with Gasteiger partial charge in [0.05, 0.1) is 0 Å². The van der Waals surface area contributed by atoms with Crippen LogP contribution in [0.1, 0.15) is 59.9 Å². The highest BCUT2D eigenvalue weighted by Gasteiger charge is 2.17. The van der Waals surface area contributed by atoms with Crippen molar-refractivity contribution in [1.29, 1.82) is 0 Å². The van der Waals surface area contributed by atoms with Crippen LogP contribution in [-0.2, 0) is 0 Å². The molecule has 1 heterocycles. The number of rotatable bonds is 5. The van der Waals surface area contributed by atoms with Crippen LogP contribution in [0.25, 0.3) is 0 Å². The number of hydrogen-bond donors (Lipinski definition) is 2. The summed E-state index contributed by atoms with van der Waals surface area (Å²) in [6, 6.07) is 9.00. The number of aromatic nitrogens is 2. The molecule has 0 bridgehead atoms. The van der Waals surface area contributed by atoms with E-state index in [-0.39, 0.29) is 17.7 Å². The zero-order chi connectivity index (χ0) is 17.6. The Kier molecular flexibility index (Phi) is 5.38. The van der Waals surface area contributed by atoms with Gasteiger partial charge in [-0.1, -0.05) is 19.3 Å². The van der Waals surface area contributed by atoms with Crippen molar-refractivity contribution in [1.82, 2.24) is 15.3 Å². The number of carbonyl (C=O) groups is 2. The first-order valence-electron chi connectivity index (χ1n) is 8.63. The van der Waals surface area contributed by atoms with Crippen molar-refractivity contribution in [2.75, 3.05) is 5.32 Å². The molecule has 0 radical (unpaired) electrons. The Hall–Kier alpha value is -2.76. The summed E-state index contributed by atoms with van der Waals surface area (Å²) in [5.41, 5.74) is 1.80. The fourth-order valence-corrected chi connectivity index (χ4v) is 2.99. The van der Waals surface area contributed by atoms with Gasteiger partial charge in [0.1, 0.15) is 17.8 Å². The van der Waals surface area contributed by atoms with Crippen LogP contribution in [0.15, 0.2) is 36.7 Å². The second kappa shape index (κ2) is 7.88. The summed E-state index contributed by atoms with van der Waals surface area (Å²) in [7, 11) is 0. The van der Waals surface area contributed by atoms with Crippen molar-refractivity contribution in [3.8, 4) is 0 Å². The molecule has 0 spiro atoms. The molecular weight excluding hydrogens is 316 g/mol. The summed E-state index contributed by atoms with van der Waals surface area (Å²) in [4.78, 5) is 31.9. The van der Waals surface area contributed by atoms with Crippen LogP contribution in [0, 0.1) is 0 Å². The molecule has 0 atom stereocenters. The Bertz CT molecular complexity index is 752. The SMILES string of the molecule is CC(=O)c1ccc(Nc2cc(C(=O)NC3CCCCC3)ncn2)cc1. The Morgan fingerprint density at radius 1 is 1.04 bits per heavy atom. The van der Waals surface area contributed by atoms with Crippen molar-refractivity contribution in [3.05, 3.63) is 47.9 Å². The number of anilines is 2. The number of nitrogens with zero attached hydrogens (tertiary/aromatic N) is 2. The molecule has 2 aromatic rings.